The zero-order valence-electron chi connectivity index (χ0n) is 10.7. The number of hydrogen-bond acceptors (Lipinski definition) is 2. The molecule has 0 saturated carbocycles. The van der Waals surface area contributed by atoms with Gasteiger partial charge < -0.3 is 0 Å². The number of pyridine rings is 1. The largest absolute Gasteiger partial charge is 0.260 e. The summed E-state index contributed by atoms with van der Waals surface area (Å²) in [6.07, 6.45) is 1.66. The summed E-state index contributed by atoms with van der Waals surface area (Å²) in [4.78, 5) is 4.20. The average Bonchev–Trinajstić information content (AvgIpc) is 2.16. The van der Waals surface area contributed by atoms with E-state index in [-0.39, 0.29) is 20.6 Å². The van der Waals surface area contributed by atoms with Gasteiger partial charge in [0.1, 0.15) is 7.85 Å². The Bertz CT molecular complexity index is 399. The molecule has 3 nitrogen and oxygen atoms in total. The van der Waals surface area contributed by atoms with E-state index < -0.39 is 11.0 Å². The van der Waals surface area contributed by atoms with Crippen molar-refractivity contribution in [2.45, 2.75) is 38.5 Å². The molecule has 6 heteroatoms. The second-order valence-corrected chi connectivity index (χ2v) is 6.73. The van der Waals surface area contributed by atoms with Gasteiger partial charge in [0.05, 0.1) is 27.5 Å². The summed E-state index contributed by atoms with van der Waals surface area (Å²) in [5.41, 5.74) is 1.47. The fourth-order valence-corrected chi connectivity index (χ4v) is 1.90. The van der Waals surface area contributed by atoms with Crippen LogP contribution in [0.25, 0.3) is 0 Å². The Labute approximate surface area is 111 Å². The zero-order valence-corrected chi connectivity index (χ0v) is 11.5. The van der Waals surface area contributed by atoms with E-state index in [1.54, 1.807) is 18.3 Å². The molecule has 1 aromatic heterocycles. The van der Waals surface area contributed by atoms with Crippen LogP contribution in [0.15, 0.2) is 18.3 Å². The van der Waals surface area contributed by atoms with Crippen LogP contribution in [-0.2, 0) is 11.0 Å². The Kier molecular flexibility index (Phi) is 6.13. The molecule has 1 aromatic rings. The third-order valence-corrected chi connectivity index (χ3v) is 3.77. The molecular formula is C11H19B2N2OS. The van der Waals surface area contributed by atoms with Gasteiger partial charge in [-0.15, -0.1) is 0 Å². The molecule has 0 spiro atoms. The molecule has 91 valence electrons. The second kappa shape index (κ2) is 6.36. The van der Waals surface area contributed by atoms with Crippen molar-refractivity contribution in [2.75, 3.05) is 0 Å². The highest BCUT2D eigenvalue weighted by Gasteiger charge is 2.21. The maximum Gasteiger partial charge on any atom is 0.113 e. The first-order valence-electron chi connectivity index (χ1n) is 5.20. The van der Waals surface area contributed by atoms with E-state index in [9.17, 15) is 4.21 Å². The van der Waals surface area contributed by atoms with Gasteiger partial charge in [-0.1, -0.05) is 11.5 Å². The van der Waals surface area contributed by atoms with Crippen LogP contribution < -0.4 is 10.2 Å². The molecule has 5 radical (unpaired) electrons. The number of nitrogens with zero attached hydrogens (tertiary/aromatic N) is 1. The summed E-state index contributed by atoms with van der Waals surface area (Å²) in [6, 6.07) is 3.44. The minimum absolute atomic E-state index is 0. The normalized spacial score (nSPS) is 14.8. The van der Waals surface area contributed by atoms with Gasteiger partial charge in [0, 0.05) is 16.0 Å². The minimum atomic E-state index is -1.11. The molecule has 0 aliphatic heterocycles. The Morgan fingerprint density at radius 1 is 1.53 bits per heavy atom. The first-order chi connectivity index (χ1) is 7.30. The Balaban J connectivity index is 0. The first kappa shape index (κ1) is 16.4. The summed E-state index contributed by atoms with van der Waals surface area (Å²) >= 11 is 0. The summed E-state index contributed by atoms with van der Waals surface area (Å²) in [5.74, 6) is 0. The predicted molar refractivity (Wildman–Crippen MR) is 76.9 cm³/mol. The van der Waals surface area contributed by atoms with Crippen molar-refractivity contribution < 1.29 is 5.64 Å². The van der Waals surface area contributed by atoms with Crippen molar-refractivity contribution in [3.63, 3.8) is 0 Å². The van der Waals surface area contributed by atoms with E-state index in [1.807, 2.05) is 27.7 Å². The molecule has 2 atom stereocenters. The van der Waals surface area contributed by atoms with Gasteiger partial charge in [0.15, 0.2) is 0 Å². The molecule has 0 fully saturated rings. The molecule has 0 aliphatic rings. The minimum Gasteiger partial charge on any atom is -0.260 e. The Morgan fingerprint density at radius 2 is 2.12 bits per heavy atom. The van der Waals surface area contributed by atoms with E-state index in [0.29, 0.717) is 5.46 Å². The topological polar surface area (TPSA) is 42.0 Å². The van der Waals surface area contributed by atoms with E-state index in [0.717, 1.165) is 5.69 Å². The number of hydrogen-bond donors (Lipinski definition) is 1. The van der Waals surface area contributed by atoms with E-state index in [1.165, 1.54) is 0 Å². The van der Waals surface area contributed by atoms with Crippen LogP contribution in [0.5, 0.6) is 0 Å². The van der Waals surface area contributed by atoms with Crippen LogP contribution in [-0.4, -0.2) is 30.2 Å². The lowest BCUT2D eigenvalue weighted by Crippen LogP contribution is -2.35. The molecule has 0 unspecified atom stereocenters. The van der Waals surface area contributed by atoms with Crippen molar-refractivity contribution >= 4 is 32.7 Å². The van der Waals surface area contributed by atoms with Gasteiger partial charge in [-0.3, -0.25) is 4.98 Å². The molecule has 1 N–H and O–H groups in total. The van der Waals surface area contributed by atoms with Crippen molar-refractivity contribution in [3.05, 3.63) is 24.0 Å². The van der Waals surface area contributed by atoms with E-state index >= 15 is 0 Å². The van der Waals surface area contributed by atoms with Crippen LogP contribution in [0, 0.1) is 0 Å². The maximum absolute atomic E-state index is 11.9. The van der Waals surface area contributed by atoms with Crippen molar-refractivity contribution in [1.82, 2.24) is 9.71 Å². The smallest absolute Gasteiger partial charge is 0.113 e. The fourth-order valence-electron chi connectivity index (χ4n) is 1.10. The SMILES string of the molecule is [B].[B]c1ccnc([C@@H](C)N[S@](=O)C(C)(C)C)c1.[HH]. The lowest BCUT2D eigenvalue weighted by Gasteiger charge is -2.21. The zero-order chi connectivity index (χ0) is 12.3. The maximum atomic E-state index is 11.9. The van der Waals surface area contributed by atoms with Gasteiger partial charge in [-0.25, -0.2) is 8.93 Å². The van der Waals surface area contributed by atoms with Crippen LogP contribution in [0.2, 0.25) is 0 Å². The third-order valence-electron chi connectivity index (χ3n) is 2.09. The van der Waals surface area contributed by atoms with Crippen molar-refractivity contribution in [2.24, 2.45) is 0 Å². The third kappa shape index (κ3) is 5.04. The van der Waals surface area contributed by atoms with Crippen molar-refractivity contribution in [1.29, 1.82) is 0 Å². The van der Waals surface area contributed by atoms with Crippen LogP contribution in [0.3, 0.4) is 0 Å². The number of aromatic nitrogens is 1. The molecule has 0 aliphatic carbocycles. The summed E-state index contributed by atoms with van der Waals surface area (Å²) in [7, 11) is 4.56. The summed E-state index contributed by atoms with van der Waals surface area (Å²) in [6.45, 7) is 7.70. The quantitative estimate of drug-likeness (QED) is 0.807. The van der Waals surface area contributed by atoms with Gasteiger partial charge in [-0.05, 0) is 33.8 Å². The lowest BCUT2D eigenvalue weighted by molar-refractivity contribution is 0.611. The highest BCUT2D eigenvalue weighted by atomic mass is 32.2. The molecular weight excluding hydrogens is 230 g/mol. The van der Waals surface area contributed by atoms with Crippen LogP contribution in [0.1, 0.15) is 40.9 Å². The molecule has 1 rings (SSSR count). The Hall–Kier alpha value is -0.610. The van der Waals surface area contributed by atoms with Gasteiger partial charge >= 0.3 is 0 Å². The van der Waals surface area contributed by atoms with Gasteiger partial charge in [0.25, 0.3) is 0 Å². The standard InChI is InChI=1S/C11H17BN2OS.B.H2/c1-8(14-16(15)11(2,3)4)10-7-9(12)5-6-13-10;;/h5-8,14H,1-4H3;;1H/t8-,16-;;/m1../s1. The molecule has 0 aromatic carbocycles. The average molecular weight is 249 g/mol. The molecule has 0 amide bonds. The second-order valence-electron chi connectivity index (χ2n) is 4.73. The highest BCUT2D eigenvalue weighted by Crippen LogP contribution is 2.14. The van der Waals surface area contributed by atoms with E-state index in [2.05, 4.69) is 9.71 Å². The van der Waals surface area contributed by atoms with Crippen LogP contribution in [0.4, 0.5) is 0 Å². The predicted octanol–water partition coefficient (Wildman–Crippen LogP) is 0.853. The Morgan fingerprint density at radius 3 is 2.59 bits per heavy atom. The van der Waals surface area contributed by atoms with Crippen LogP contribution >= 0.6 is 0 Å². The monoisotopic (exact) mass is 249 g/mol. The fraction of sp³-hybridized carbons (Fsp3) is 0.545. The molecule has 17 heavy (non-hydrogen) atoms. The summed E-state index contributed by atoms with van der Waals surface area (Å²) < 4.78 is 14.6. The number of rotatable bonds is 3. The highest BCUT2D eigenvalue weighted by molar-refractivity contribution is 7.84. The van der Waals surface area contributed by atoms with Gasteiger partial charge in [0.2, 0.25) is 0 Å². The lowest BCUT2D eigenvalue weighted by atomic mass is 9.96. The van der Waals surface area contributed by atoms with Crippen molar-refractivity contribution in [3.8, 4) is 0 Å². The van der Waals surface area contributed by atoms with E-state index in [4.69, 9.17) is 7.85 Å². The molecule has 0 saturated heterocycles. The van der Waals surface area contributed by atoms with Gasteiger partial charge in [-0.2, -0.15) is 0 Å². The number of nitrogens with one attached hydrogen (secondary N) is 1. The summed E-state index contributed by atoms with van der Waals surface area (Å²) in [5, 5.41) is 0. The molecule has 1 heterocycles. The molecule has 0 bridgehead atoms. The first-order valence-corrected chi connectivity index (χ1v) is 6.35.